The van der Waals surface area contributed by atoms with Crippen molar-refractivity contribution in [3.63, 3.8) is 0 Å². The number of aryl methyl sites for hydroxylation is 1. The van der Waals surface area contributed by atoms with Gasteiger partial charge in [0.25, 0.3) is 5.91 Å². The van der Waals surface area contributed by atoms with Gasteiger partial charge in [0.05, 0.1) is 11.6 Å². The van der Waals surface area contributed by atoms with Crippen LogP contribution in [0.3, 0.4) is 0 Å². The molecule has 128 valence electrons. The van der Waals surface area contributed by atoms with Crippen molar-refractivity contribution < 1.29 is 22.7 Å². The molecule has 0 aromatic heterocycles. The number of nitrogens with one attached hydrogen (secondary N) is 1. The first-order chi connectivity index (χ1) is 11.3. The zero-order valence-electron chi connectivity index (χ0n) is 13.4. The van der Waals surface area contributed by atoms with Gasteiger partial charge in [-0.3, -0.25) is 4.79 Å². The molecule has 0 aliphatic rings. The normalized spacial score (nSPS) is 12.5. The number of carbonyl (C=O) groups is 1. The number of hydrogen-bond acceptors (Lipinski definition) is 2. The predicted octanol–water partition coefficient (Wildman–Crippen LogP) is 4.27. The highest BCUT2D eigenvalue weighted by molar-refractivity contribution is 5.78. The first-order valence-corrected chi connectivity index (χ1v) is 7.42. The van der Waals surface area contributed by atoms with Gasteiger partial charge in [-0.2, -0.15) is 13.2 Å². The molecule has 0 radical (unpaired) electrons. The predicted molar refractivity (Wildman–Crippen MR) is 84.7 cm³/mol. The minimum Gasteiger partial charge on any atom is -0.484 e. The van der Waals surface area contributed by atoms with E-state index in [4.69, 9.17) is 4.74 Å². The molecule has 3 nitrogen and oxygen atoms in total. The molecule has 0 heterocycles. The van der Waals surface area contributed by atoms with Crippen molar-refractivity contribution in [2.24, 2.45) is 0 Å². The first kappa shape index (κ1) is 17.8. The van der Waals surface area contributed by atoms with Crippen molar-refractivity contribution in [3.8, 4) is 5.75 Å². The van der Waals surface area contributed by atoms with Crippen LogP contribution in [-0.4, -0.2) is 12.5 Å². The fourth-order valence-corrected chi connectivity index (χ4v) is 2.21. The molecule has 1 unspecified atom stereocenters. The summed E-state index contributed by atoms with van der Waals surface area (Å²) in [6.45, 7) is 3.29. The van der Waals surface area contributed by atoms with Crippen molar-refractivity contribution in [1.82, 2.24) is 5.32 Å². The first-order valence-electron chi connectivity index (χ1n) is 7.42. The van der Waals surface area contributed by atoms with E-state index in [0.29, 0.717) is 11.3 Å². The zero-order valence-corrected chi connectivity index (χ0v) is 13.4. The molecule has 0 aliphatic carbocycles. The van der Waals surface area contributed by atoms with Gasteiger partial charge in [0, 0.05) is 0 Å². The van der Waals surface area contributed by atoms with Crippen molar-refractivity contribution in [1.29, 1.82) is 0 Å². The summed E-state index contributed by atoms with van der Waals surface area (Å²) in [4.78, 5) is 11.9. The number of hydrogen-bond donors (Lipinski definition) is 1. The van der Waals surface area contributed by atoms with Crippen LogP contribution in [0.5, 0.6) is 5.75 Å². The highest BCUT2D eigenvalue weighted by Gasteiger charge is 2.30. The smallest absolute Gasteiger partial charge is 0.416 e. The summed E-state index contributed by atoms with van der Waals surface area (Å²) in [5.74, 6) is 0.197. The number of benzene rings is 2. The van der Waals surface area contributed by atoms with Gasteiger partial charge in [-0.15, -0.1) is 0 Å². The summed E-state index contributed by atoms with van der Waals surface area (Å²) in [7, 11) is 0. The molecule has 0 fully saturated rings. The topological polar surface area (TPSA) is 38.3 Å². The van der Waals surface area contributed by atoms with E-state index in [-0.39, 0.29) is 6.61 Å². The lowest BCUT2D eigenvalue weighted by Crippen LogP contribution is -2.31. The van der Waals surface area contributed by atoms with E-state index in [2.05, 4.69) is 5.32 Å². The standard InChI is InChI=1S/C18H18F3NO2/c1-12-6-3-4-9-16(12)24-11-17(23)22-13(2)14-7-5-8-15(10-14)18(19,20)21/h3-10,13H,11H2,1-2H3,(H,22,23). The molecule has 24 heavy (non-hydrogen) atoms. The quantitative estimate of drug-likeness (QED) is 0.885. The minimum atomic E-state index is -4.41. The number of rotatable bonds is 5. The molecule has 6 heteroatoms. The van der Waals surface area contributed by atoms with E-state index >= 15 is 0 Å². The lowest BCUT2D eigenvalue weighted by atomic mass is 10.0. The number of halogens is 3. The monoisotopic (exact) mass is 337 g/mol. The maximum atomic E-state index is 12.7. The van der Waals surface area contributed by atoms with E-state index < -0.39 is 23.7 Å². The average molecular weight is 337 g/mol. The van der Waals surface area contributed by atoms with E-state index in [1.165, 1.54) is 6.07 Å². The van der Waals surface area contributed by atoms with Crippen LogP contribution in [0.2, 0.25) is 0 Å². The Kier molecular flexibility index (Phi) is 5.49. The molecule has 2 aromatic rings. The van der Waals surface area contributed by atoms with Gasteiger partial charge >= 0.3 is 6.18 Å². The van der Waals surface area contributed by atoms with Gasteiger partial charge in [-0.1, -0.05) is 30.3 Å². The van der Waals surface area contributed by atoms with Crippen LogP contribution in [0.1, 0.15) is 29.7 Å². The Labute approximate surface area is 138 Å². The molecular weight excluding hydrogens is 319 g/mol. The number of carbonyl (C=O) groups excluding carboxylic acids is 1. The van der Waals surface area contributed by atoms with E-state index in [1.54, 1.807) is 25.1 Å². The Hall–Kier alpha value is -2.50. The molecule has 1 N–H and O–H groups in total. The number of ether oxygens (including phenoxy) is 1. The number of amides is 1. The highest BCUT2D eigenvalue weighted by atomic mass is 19.4. The third kappa shape index (κ3) is 4.75. The molecule has 1 atom stereocenters. The summed E-state index contributed by atoms with van der Waals surface area (Å²) in [5, 5.41) is 2.63. The van der Waals surface area contributed by atoms with Gasteiger partial charge < -0.3 is 10.1 Å². The lowest BCUT2D eigenvalue weighted by Gasteiger charge is -2.16. The van der Waals surface area contributed by atoms with E-state index in [9.17, 15) is 18.0 Å². The van der Waals surface area contributed by atoms with Crippen LogP contribution >= 0.6 is 0 Å². The highest BCUT2D eigenvalue weighted by Crippen LogP contribution is 2.30. The third-order valence-electron chi connectivity index (χ3n) is 3.54. The molecule has 0 aliphatic heterocycles. The average Bonchev–Trinajstić information content (AvgIpc) is 2.53. The molecule has 0 bridgehead atoms. The number of alkyl halides is 3. The minimum absolute atomic E-state index is 0.200. The molecule has 0 spiro atoms. The molecule has 0 saturated heterocycles. The summed E-state index contributed by atoms with van der Waals surface area (Å²) in [5.41, 5.74) is 0.544. The maximum absolute atomic E-state index is 12.7. The Morgan fingerprint density at radius 2 is 1.88 bits per heavy atom. The van der Waals surface area contributed by atoms with Crippen LogP contribution in [0.4, 0.5) is 13.2 Å². The maximum Gasteiger partial charge on any atom is 0.416 e. The second-order valence-corrected chi connectivity index (χ2v) is 5.47. The summed E-state index contributed by atoms with van der Waals surface area (Å²) in [6.07, 6.45) is -4.41. The third-order valence-corrected chi connectivity index (χ3v) is 3.54. The van der Waals surface area contributed by atoms with Gasteiger partial charge in [0.2, 0.25) is 0 Å². The summed E-state index contributed by atoms with van der Waals surface area (Å²) in [6, 6.07) is 11.6. The van der Waals surface area contributed by atoms with Gasteiger partial charge in [0.15, 0.2) is 6.61 Å². The second kappa shape index (κ2) is 7.38. The molecular formula is C18H18F3NO2. The van der Waals surface area contributed by atoms with E-state index in [1.807, 2.05) is 19.1 Å². The van der Waals surface area contributed by atoms with Crippen molar-refractivity contribution in [2.45, 2.75) is 26.1 Å². The Morgan fingerprint density at radius 3 is 2.54 bits per heavy atom. The van der Waals surface area contributed by atoms with E-state index in [0.717, 1.165) is 17.7 Å². The molecule has 0 saturated carbocycles. The molecule has 2 rings (SSSR count). The Bertz CT molecular complexity index is 713. The lowest BCUT2D eigenvalue weighted by molar-refractivity contribution is -0.137. The van der Waals surface area contributed by atoms with Gasteiger partial charge in [0.1, 0.15) is 5.75 Å². The largest absolute Gasteiger partial charge is 0.484 e. The Balaban J connectivity index is 1.95. The SMILES string of the molecule is Cc1ccccc1OCC(=O)NC(C)c1cccc(C(F)(F)F)c1. The van der Waals surface area contributed by atoms with Crippen LogP contribution < -0.4 is 10.1 Å². The van der Waals surface area contributed by atoms with Crippen molar-refractivity contribution >= 4 is 5.91 Å². The van der Waals surface area contributed by atoms with Gasteiger partial charge in [-0.05, 0) is 43.2 Å². The molecule has 1 amide bonds. The second-order valence-electron chi connectivity index (χ2n) is 5.47. The van der Waals surface area contributed by atoms with Crippen LogP contribution in [0.25, 0.3) is 0 Å². The van der Waals surface area contributed by atoms with Gasteiger partial charge in [-0.25, -0.2) is 0 Å². The summed E-state index contributed by atoms with van der Waals surface area (Å²) >= 11 is 0. The fourth-order valence-electron chi connectivity index (χ4n) is 2.21. The van der Waals surface area contributed by atoms with Crippen LogP contribution in [0.15, 0.2) is 48.5 Å². The fraction of sp³-hybridized carbons (Fsp3) is 0.278. The summed E-state index contributed by atoms with van der Waals surface area (Å²) < 4.78 is 43.6. The molecule has 2 aromatic carbocycles. The van der Waals surface area contributed by atoms with Crippen molar-refractivity contribution in [3.05, 3.63) is 65.2 Å². The Morgan fingerprint density at radius 1 is 1.17 bits per heavy atom. The van der Waals surface area contributed by atoms with Crippen LogP contribution in [0, 0.1) is 6.92 Å². The zero-order chi connectivity index (χ0) is 17.7. The number of para-hydroxylation sites is 1. The van der Waals surface area contributed by atoms with Crippen molar-refractivity contribution in [2.75, 3.05) is 6.61 Å². The van der Waals surface area contributed by atoms with Crippen LogP contribution in [-0.2, 0) is 11.0 Å².